The monoisotopic (exact) mass is 493 g/mol. The largest absolute Gasteiger partial charge is 0.497 e. The molecule has 174 valence electrons. The van der Waals surface area contributed by atoms with Crippen LogP contribution >= 0.6 is 23.1 Å². The number of ether oxygens (including phenoxy) is 1. The Morgan fingerprint density at radius 2 is 1.71 bits per heavy atom. The van der Waals surface area contributed by atoms with Crippen molar-refractivity contribution in [1.82, 2.24) is 14.8 Å². The van der Waals surface area contributed by atoms with E-state index in [1.807, 2.05) is 29.0 Å². The van der Waals surface area contributed by atoms with Gasteiger partial charge in [-0.25, -0.2) is 0 Å². The minimum atomic E-state index is -0.224. The van der Waals surface area contributed by atoms with Crippen LogP contribution in [-0.2, 0) is 11.3 Å². The number of nitrogens with one attached hydrogen (secondary N) is 2. The maximum absolute atomic E-state index is 12.5. The number of rotatable bonds is 9. The fourth-order valence-electron chi connectivity index (χ4n) is 3.18. The molecule has 2 heterocycles. The molecule has 4 rings (SSSR count). The molecule has 0 saturated carbocycles. The van der Waals surface area contributed by atoms with Gasteiger partial charge in [-0.15, -0.1) is 21.5 Å². The maximum atomic E-state index is 12.5. The highest BCUT2D eigenvalue weighted by Crippen LogP contribution is 2.27. The summed E-state index contributed by atoms with van der Waals surface area (Å²) in [5.74, 6) is 1.33. The van der Waals surface area contributed by atoms with Gasteiger partial charge in [-0.1, -0.05) is 17.8 Å². The van der Waals surface area contributed by atoms with Gasteiger partial charge in [0, 0.05) is 23.5 Å². The Morgan fingerprint density at radius 1 is 1.00 bits per heavy atom. The number of thioether (sulfide) groups is 1. The van der Waals surface area contributed by atoms with Crippen LogP contribution in [0.5, 0.6) is 5.75 Å². The summed E-state index contributed by atoms with van der Waals surface area (Å²) in [6, 6.07) is 17.8. The summed E-state index contributed by atoms with van der Waals surface area (Å²) in [6.45, 7) is 2.74. The van der Waals surface area contributed by atoms with E-state index in [4.69, 9.17) is 4.74 Å². The number of hydrogen-bond acceptors (Lipinski definition) is 7. The van der Waals surface area contributed by atoms with Gasteiger partial charge in [-0.2, -0.15) is 0 Å². The number of thiophene rings is 1. The molecule has 2 aromatic carbocycles. The molecule has 0 unspecified atom stereocenters. The molecule has 0 radical (unpaired) electrons. The zero-order valence-corrected chi connectivity index (χ0v) is 20.3. The van der Waals surface area contributed by atoms with Crippen molar-refractivity contribution in [1.29, 1.82) is 0 Å². The van der Waals surface area contributed by atoms with Gasteiger partial charge in [0.1, 0.15) is 5.75 Å². The third-order valence-electron chi connectivity index (χ3n) is 4.89. The molecule has 0 bridgehead atoms. The van der Waals surface area contributed by atoms with E-state index in [2.05, 4.69) is 20.8 Å². The Balaban J connectivity index is 1.30. The van der Waals surface area contributed by atoms with Gasteiger partial charge in [0.2, 0.25) is 5.91 Å². The molecule has 0 aliphatic carbocycles. The quantitative estimate of drug-likeness (QED) is 0.318. The first kappa shape index (κ1) is 23.5. The molecule has 34 heavy (non-hydrogen) atoms. The van der Waals surface area contributed by atoms with Gasteiger partial charge in [0.05, 0.1) is 17.7 Å². The number of aromatic nitrogens is 3. The lowest BCUT2D eigenvalue weighted by Gasteiger charge is -2.09. The number of nitrogens with zero attached hydrogens (tertiary/aromatic N) is 3. The van der Waals surface area contributed by atoms with Crippen molar-refractivity contribution >= 4 is 46.3 Å². The molecule has 2 N–H and O–H groups in total. The van der Waals surface area contributed by atoms with Crippen molar-refractivity contribution in [3.05, 3.63) is 71.6 Å². The van der Waals surface area contributed by atoms with Crippen LogP contribution in [0.4, 0.5) is 11.4 Å². The van der Waals surface area contributed by atoms with Crippen LogP contribution in [0.1, 0.15) is 17.3 Å². The first-order valence-electron chi connectivity index (χ1n) is 10.5. The molecule has 10 heteroatoms. The third kappa shape index (κ3) is 5.64. The smallest absolute Gasteiger partial charge is 0.255 e. The molecule has 0 aliphatic rings. The molecule has 8 nitrogen and oxygen atoms in total. The minimum absolute atomic E-state index is 0.150. The number of amides is 2. The molecule has 0 aliphatic heterocycles. The van der Waals surface area contributed by atoms with E-state index in [9.17, 15) is 9.59 Å². The van der Waals surface area contributed by atoms with Gasteiger partial charge in [-0.05, 0) is 66.9 Å². The van der Waals surface area contributed by atoms with Crippen LogP contribution in [0.2, 0.25) is 0 Å². The third-order valence-corrected chi connectivity index (χ3v) is 6.72. The summed E-state index contributed by atoms with van der Waals surface area (Å²) in [6.07, 6.45) is 0. The standard InChI is InChI=1S/C24H23N5O3S2/c1-3-29-22(20-5-4-14-33-20)27-28-24(29)34-15-21(30)25-17-8-10-18(11-9-17)26-23(31)16-6-12-19(32-2)13-7-16/h4-14H,3,15H2,1-2H3,(H,25,30)(H,26,31). The number of carbonyl (C=O) groups excluding carboxylic acids is 2. The summed E-state index contributed by atoms with van der Waals surface area (Å²) >= 11 is 2.95. The van der Waals surface area contributed by atoms with Crippen LogP contribution in [0.15, 0.2) is 71.2 Å². The lowest BCUT2D eigenvalue weighted by atomic mass is 10.2. The average molecular weight is 494 g/mol. The average Bonchev–Trinajstić information content (AvgIpc) is 3.53. The summed E-state index contributed by atoms with van der Waals surface area (Å²) in [4.78, 5) is 25.9. The van der Waals surface area contributed by atoms with E-state index in [0.717, 1.165) is 10.7 Å². The van der Waals surface area contributed by atoms with E-state index >= 15 is 0 Å². The Kier molecular flexibility index (Phi) is 7.61. The van der Waals surface area contributed by atoms with Crippen molar-refractivity contribution in [3.8, 4) is 16.5 Å². The van der Waals surface area contributed by atoms with E-state index in [-0.39, 0.29) is 17.6 Å². The minimum Gasteiger partial charge on any atom is -0.497 e. The molecular weight excluding hydrogens is 470 g/mol. The molecular formula is C24H23N5O3S2. The van der Waals surface area contributed by atoms with E-state index in [1.54, 1.807) is 67.0 Å². The highest BCUT2D eigenvalue weighted by Gasteiger charge is 2.15. The number of hydrogen-bond donors (Lipinski definition) is 2. The van der Waals surface area contributed by atoms with Crippen molar-refractivity contribution < 1.29 is 14.3 Å². The van der Waals surface area contributed by atoms with Crippen molar-refractivity contribution in [2.24, 2.45) is 0 Å². The van der Waals surface area contributed by atoms with Gasteiger partial charge in [-0.3, -0.25) is 9.59 Å². The zero-order valence-electron chi connectivity index (χ0n) is 18.6. The van der Waals surface area contributed by atoms with Crippen LogP contribution < -0.4 is 15.4 Å². The van der Waals surface area contributed by atoms with Crippen molar-refractivity contribution in [2.75, 3.05) is 23.5 Å². The Bertz CT molecular complexity index is 1250. The highest BCUT2D eigenvalue weighted by molar-refractivity contribution is 7.99. The highest BCUT2D eigenvalue weighted by atomic mass is 32.2. The van der Waals surface area contributed by atoms with E-state index in [0.29, 0.717) is 34.4 Å². The summed E-state index contributed by atoms with van der Waals surface area (Å²) in [5.41, 5.74) is 1.80. The van der Waals surface area contributed by atoms with Crippen LogP contribution in [0.25, 0.3) is 10.7 Å². The van der Waals surface area contributed by atoms with Crippen LogP contribution in [0, 0.1) is 0 Å². The molecule has 0 atom stereocenters. The topological polar surface area (TPSA) is 98.1 Å². The molecule has 4 aromatic rings. The number of methoxy groups -OCH3 is 1. The molecule has 0 saturated heterocycles. The molecule has 0 fully saturated rings. The first-order chi connectivity index (χ1) is 16.6. The number of carbonyl (C=O) groups is 2. The fourth-order valence-corrected chi connectivity index (χ4v) is 4.70. The summed E-state index contributed by atoms with van der Waals surface area (Å²) in [5, 5.41) is 16.9. The molecule has 2 aromatic heterocycles. The number of anilines is 2. The second-order valence-electron chi connectivity index (χ2n) is 7.12. The molecule has 0 spiro atoms. The Morgan fingerprint density at radius 3 is 2.32 bits per heavy atom. The predicted octanol–water partition coefficient (Wildman–Crippen LogP) is 5.02. The van der Waals surface area contributed by atoms with Crippen LogP contribution in [-0.4, -0.2) is 39.4 Å². The van der Waals surface area contributed by atoms with Gasteiger partial charge < -0.3 is 19.9 Å². The van der Waals surface area contributed by atoms with Gasteiger partial charge >= 0.3 is 0 Å². The van der Waals surface area contributed by atoms with E-state index in [1.165, 1.54) is 11.8 Å². The molecule has 2 amide bonds. The Labute approximate surface area is 205 Å². The fraction of sp³-hybridized carbons (Fsp3) is 0.167. The summed E-state index contributed by atoms with van der Waals surface area (Å²) in [7, 11) is 1.58. The van der Waals surface area contributed by atoms with Gasteiger partial charge in [0.15, 0.2) is 11.0 Å². The Hall–Kier alpha value is -3.63. The summed E-state index contributed by atoms with van der Waals surface area (Å²) < 4.78 is 7.11. The van der Waals surface area contributed by atoms with Crippen molar-refractivity contribution in [2.45, 2.75) is 18.6 Å². The number of benzene rings is 2. The van der Waals surface area contributed by atoms with Gasteiger partial charge in [0.25, 0.3) is 5.91 Å². The second kappa shape index (κ2) is 11.0. The first-order valence-corrected chi connectivity index (χ1v) is 12.4. The SMILES string of the molecule is CCn1c(SCC(=O)Nc2ccc(NC(=O)c3ccc(OC)cc3)cc2)nnc1-c1cccs1. The zero-order chi connectivity index (χ0) is 23.9. The van der Waals surface area contributed by atoms with Crippen molar-refractivity contribution in [3.63, 3.8) is 0 Å². The lowest BCUT2D eigenvalue weighted by Crippen LogP contribution is -2.15. The predicted molar refractivity (Wildman–Crippen MR) is 136 cm³/mol. The lowest BCUT2D eigenvalue weighted by molar-refractivity contribution is -0.113. The van der Waals surface area contributed by atoms with Crippen LogP contribution in [0.3, 0.4) is 0 Å². The second-order valence-corrected chi connectivity index (χ2v) is 9.01. The van der Waals surface area contributed by atoms with E-state index < -0.39 is 0 Å². The maximum Gasteiger partial charge on any atom is 0.255 e. The normalized spacial score (nSPS) is 10.6.